The number of hydrogen-bond donors (Lipinski definition) is 0. The summed E-state index contributed by atoms with van der Waals surface area (Å²) in [6.07, 6.45) is 1.90. The van der Waals surface area contributed by atoms with Crippen LogP contribution < -0.4 is 4.90 Å². The highest BCUT2D eigenvalue weighted by Crippen LogP contribution is 2.33. The van der Waals surface area contributed by atoms with Crippen LogP contribution in [0.3, 0.4) is 0 Å². The molecule has 0 saturated heterocycles. The highest BCUT2D eigenvalue weighted by atomic mass is 16.2. The van der Waals surface area contributed by atoms with Crippen LogP contribution in [0.1, 0.15) is 23.6 Å². The molecule has 0 fully saturated rings. The predicted molar refractivity (Wildman–Crippen MR) is 88.0 cm³/mol. The molecule has 2 aliphatic rings. The molecule has 0 radical (unpaired) electrons. The van der Waals surface area contributed by atoms with Crippen molar-refractivity contribution < 1.29 is 4.79 Å². The van der Waals surface area contributed by atoms with E-state index in [9.17, 15) is 4.79 Å². The van der Waals surface area contributed by atoms with Crippen LogP contribution in [-0.2, 0) is 19.4 Å². The van der Waals surface area contributed by atoms with Crippen LogP contribution in [0.4, 0.5) is 10.5 Å². The fourth-order valence-corrected chi connectivity index (χ4v) is 3.67. The van der Waals surface area contributed by atoms with Gasteiger partial charge >= 0.3 is 6.03 Å². The summed E-state index contributed by atoms with van der Waals surface area (Å²) in [4.78, 5) is 17.0. The lowest BCUT2D eigenvalue weighted by Crippen LogP contribution is -2.47. The Bertz CT molecular complexity index is 725. The molecule has 4 rings (SSSR count). The SMILES string of the molecule is CC1Cc2ccccc2N1C(=O)N1CCc2ccccc2C1. The van der Waals surface area contributed by atoms with E-state index in [2.05, 4.69) is 49.4 Å². The maximum absolute atomic E-state index is 13.0. The maximum atomic E-state index is 13.0. The standard InChI is InChI=1S/C19H20N2O/c1-14-12-16-7-4-5-9-18(16)21(14)19(22)20-11-10-15-6-2-3-8-17(15)13-20/h2-9,14H,10-13H2,1H3. The zero-order valence-corrected chi connectivity index (χ0v) is 12.8. The Kier molecular flexibility index (Phi) is 3.14. The topological polar surface area (TPSA) is 23.6 Å². The van der Waals surface area contributed by atoms with Crippen LogP contribution in [-0.4, -0.2) is 23.5 Å². The van der Waals surface area contributed by atoms with Gasteiger partial charge in [-0.05, 0) is 42.5 Å². The molecule has 2 aromatic carbocycles. The molecule has 3 nitrogen and oxygen atoms in total. The van der Waals surface area contributed by atoms with Crippen LogP contribution >= 0.6 is 0 Å². The highest BCUT2D eigenvalue weighted by molar-refractivity contribution is 5.95. The zero-order chi connectivity index (χ0) is 15.1. The molecule has 1 atom stereocenters. The lowest BCUT2D eigenvalue weighted by Gasteiger charge is -2.34. The Labute approximate surface area is 131 Å². The third-order valence-corrected chi connectivity index (χ3v) is 4.81. The smallest absolute Gasteiger partial charge is 0.320 e. The molecule has 0 saturated carbocycles. The van der Waals surface area contributed by atoms with Crippen molar-refractivity contribution in [3.63, 3.8) is 0 Å². The van der Waals surface area contributed by atoms with Crippen molar-refractivity contribution in [1.82, 2.24) is 4.90 Å². The Morgan fingerprint density at radius 1 is 1.00 bits per heavy atom. The minimum absolute atomic E-state index is 0.145. The van der Waals surface area contributed by atoms with Gasteiger partial charge in [0.25, 0.3) is 0 Å². The van der Waals surface area contributed by atoms with Gasteiger partial charge in [0.15, 0.2) is 0 Å². The fourth-order valence-electron chi connectivity index (χ4n) is 3.67. The molecule has 3 heteroatoms. The summed E-state index contributed by atoms with van der Waals surface area (Å²) in [5.41, 5.74) is 5.02. The van der Waals surface area contributed by atoms with Crippen molar-refractivity contribution >= 4 is 11.7 Å². The van der Waals surface area contributed by atoms with E-state index in [0.29, 0.717) is 0 Å². The summed E-state index contributed by atoms with van der Waals surface area (Å²) in [5, 5.41) is 0. The van der Waals surface area contributed by atoms with E-state index in [0.717, 1.165) is 31.6 Å². The number of urea groups is 1. The van der Waals surface area contributed by atoms with Crippen molar-refractivity contribution in [2.24, 2.45) is 0 Å². The molecule has 0 bridgehead atoms. The largest absolute Gasteiger partial charge is 0.325 e. The second-order valence-corrected chi connectivity index (χ2v) is 6.27. The predicted octanol–water partition coefficient (Wildman–Crippen LogP) is 3.62. The van der Waals surface area contributed by atoms with Gasteiger partial charge in [0.2, 0.25) is 0 Å². The van der Waals surface area contributed by atoms with E-state index in [4.69, 9.17) is 0 Å². The van der Waals surface area contributed by atoms with Crippen molar-refractivity contribution in [2.45, 2.75) is 32.4 Å². The lowest BCUT2D eigenvalue weighted by atomic mass is 10.0. The average molecular weight is 292 g/mol. The molecule has 2 aliphatic heterocycles. The summed E-state index contributed by atoms with van der Waals surface area (Å²) in [6, 6.07) is 17.1. The summed E-state index contributed by atoms with van der Waals surface area (Å²) in [7, 11) is 0. The molecular formula is C19H20N2O. The van der Waals surface area contributed by atoms with E-state index in [1.165, 1.54) is 16.7 Å². The number of carbonyl (C=O) groups excluding carboxylic acids is 1. The minimum atomic E-state index is 0.145. The third-order valence-electron chi connectivity index (χ3n) is 4.81. The molecule has 0 N–H and O–H groups in total. The quantitative estimate of drug-likeness (QED) is 0.727. The van der Waals surface area contributed by atoms with Gasteiger partial charge in [0.05, 0.1) is 0 Å². The Balaban J connectivity index is 1.61. The maximum Gasteiger partial charge on any atom is 0.325 e. The van der Waals surface area contributed by atoms with E-state index >= 15 is 0 Å². The van der Waals surface area contributed by atoms with Crippen molar-refractivity contribution in [3.05, 3.63) is 65.2 Å². The van der Waals surface area contributed by atoms with Gasteiger partial charge in [0, 0.05) is 24.8 Å². The number of amides is 2. The number of carbonyl (C=O) groups is 1. The average Bonchev–Trinajstić information content (AvgIpc) is 2.89. The molecule has 2 amide bonds. The summed E-state index contributed by atoms with van der Waals surface area (Å²) in [5.74, 6) is 0. The Morgan fingerprint density at radius 2 is 1.68 bits per heavy atom. The minimum Gasteiger partial charge on any atom is -0.320 e. The molecule has 0 spiro atoms. The monoisotopic (exact) mass is 292 g/mol. The number of benzene rings is 2. The molecule has 112 valence electrons. The molecule has 0 aromatic heterocycles. The molecule has 1 unspecified atom stereocenters. The van der Waals surface area contributed by atoms with Crippen LogP contribution in [0.2, 0.25) is 0 Å². The van der Waals surface area contributed by atoms with Crippen LogP contribution in [0.5, 0.6) is 0 Å². The molecular weight excluding hydrogens is 272 g/mol. The van der Waals surface area contributed by atoms with Crippen molar-refractivity contribution in [2.75, 3.05) is 11.4 Å². The molecule has 0 aliphatic carbocycles. The Hall–Kier alpha value is -2.29. The van der Waals surface area contributed by atoms with E-state index in [1.54, 1.807) is 0 Å². The first-order valence-corrected chi connectivity index (χ1v) is 7.97. The number of fused-ring (bicyclic) bond motifs is 2. The van der Waals surface area contributed by atoms with Gasteiger partial charge in [0.1, 0.15) is 0 Å². The van der Waals surface area contributed by atoms with Gasteiger partial charge in [-0.3, -0.25) is 4.90 Å². The second-order valence-electron chi connectivity index (χ2n) is 6.27. The van der Waals surface area contributed by atoms with Gasteiger partial charge in [-0.1, -0.05) is 42.5 Å². The summed E-state index contributed by atoms with van der Waals surface area (Å²) in [6.45, 7) is 3.66. The Morgan fingerprint density at radius 3 is 2.50 bits per heavy atom. The first kappa shape index (κ1) is 13.4. The van der Waals surface area contributed by atoms with Crippen molar-refractivity contribution in [3.8, 4) is 0 Å². The first-order chi connectivity index (χ1) is 10.7. The number of hydrogen-bond acceptors (Lipinski definition) is 1. The van der Waals surface area contributed by atoms with Crippen LogP contribution in [0.15, 0.2) is 48.5 Å². The zero-order valence-electron chi connectivity index (χ0n) is 12.8. The molecule has 2 aromatic rings. The van der Waals surface area contributed by atoms with Gasteiger partial charge in [-0.15, -0.1) is 0 Å². The van der Waals surface area contributed by atoms with Gasteiger partial charge in [-0.2, -0.15) is 0 Å². The number of anilines is 1. The molecule has 2 heterocycles. The lowest BCUT2D eigenvalue weighted by molar-refractivity contribution is 0.198. The summed E-state index contributed by atoms with van der Waals surface area (Å²) < 4.78 is 0. The number of nitrogens with zero attached hydrogens (tertiary/aromatic N) is 2. The van der Waals surface area contributed by atoms with E-state index in [1.807, 2.05) is 15.9 Å². The van der Waals surface area contributed by atoms with Gasteiger partial charge < -0.3 is 4.90 Å². The third kappa shape index (κ3) is 2.08. The van der Waals surface area contributed by atoms with Crippen LogP contribution in [0, 0.1) is 0 Å². The van der Waals surface area contributed by atoms with E-state index < -0.39 is 0 Å². The number of rotatable bonds is 0. The van der Waals surface area contributed by atoms with E-state index in [-0.39, 0.29) is 12.1 Å². The first-order valence-electron chi connectivity index (χ1n) is 7.97. The normalized spacial score (nSPS) is 19.8. The summed E-state index contributed by atoms with van der Waals surface area (Å²) >= 11 is 0. The number of para-hydroxylation sites is 1. The highest BCUT2D eigenvalue weighted by Gasteiger charge is 2.34. The van der Waals surface area contributed by atoms with Gasteiger partial charge in [-0.25, -0.2) is 4.79 Å². The molecule has 22 heavy (non-hydrogen) atoms. The van der Waals surface area contributed by atoms with Crippen molar-refractivity contribution in [1.29, 1.82) is 0 Å². The second kappa shape index (κ2) is 5.16. The van der Waals surface area contributed by atoms with Crippen LogP contribution in [0.25, 0.3) is 0 Å². The fraction of sp³-hybridized carbons (Fsp3) is 0.316.